The van der Waals surface area contributed by atoms with E-state index in [0.29, 0.717) is 0 Å². The topological polar surface area (TPSA) is 61.7 Å². The van der Waals surface area contributed by atoms with Crippen LogP contribution in [0.4, 0.5) is 0 Å². The normalized spacial score (nSPS) is 19.5. The van der Waals surface area contributed by atoms with Crippen LogP contribution in [0.5, 0.6) is 0 Å². The number of nitrogens with zero attached hydrogens (tertiary/aromatic N) is 5. The lowest BCUT2D eigenvalue weighted by molar-refractivity contribution is 0.670. The fourth-order valence-corrected chi connectivity index (χ4v) is 6.75. The van der Waals surface area contributed by atoms with Crippen LogP contribution in [-0.2, 0) is 0 Å². The molecule has 0 saturated carbocycles. The van der Waals surface area contributed by atoms with Gasteiger partial charge in [0.2, 0.25) is 5.95 Å². The molecule has 0 saturated heterocycles. The Balaban J connectivity index is 1.45. The van der Waals surface area contributed by atoms with Gasteiger partial charge in [-0.15, -0.1) is 0 Å². The molecule has 0 fully saturated rings. The van der Waals surface area contributed by atoms with Gasteiger partial charge >= 0.3 is 0 Å². The van der Waals surface area contributed by atoms with Gasteiger partial charge in [0.1, 0.15) is 11.2 Å². The first-order chi connectivity index (χ1) is 41.2. The van der Waals surface area contributed by atoms with E-state index in [1.165, 1.54) is 0 Å². The lowest BCUT2D eigenvalue weighted by Gasteiger charge is -2.14. The van der Waals surface area contributed by atoms with Crippen molar-refractivity contribution in [3.05, 3.63) is 187 Å². The summed E-state index contributed by atoms with van der Waals surface area (Å²) in [5, 5.41) is -3.94. The van der Waals surface area contributed by atoms with Gasteiger partial charge in [-0.3, -0.25) is 4.57 Å². The zero-order valence-corrected chi connectivity index (χ0v) is 28.1. The Bertz CT molecular complexity index is 5190. The van der Waals surface area contributed by atoms with Crippen LogP contribution >= 0.6 is 0 Å². The summed E-state index contributed by atoms with van der Waals surface area (Å²) in [6.45, 7) is 0. The first kappa shape index (κ1) is 13.7. The molecule has 0 aliphatic rings. The van der Waals surface area contributed by atoms with Crippen LogP contribution in [0.2, 0.25) is 0 Å². The largest absolute Gasteiger partial charge is 0.455 e. The van der Waals surface area contributed by atoms with Crippen LogP contribution in [0.25, 0.3) is 111 Å². The molecule has 0 atom stereocenters. The summed E-state index contributed by atoms with van der Waals surface area (Å²) in [6.07, 6.45) is 0. The third-order valence-electron chi connectivity index (χ3n) is 9.03. The molecule has 8 aromatic carbocycles. The van der Waals surface area contributed by atoms with E-state index in [1.807, 2.05) is 0 Å². The summed E-state index contributed by atoms with van der Waals surface area (Å²) in [7, 11) is 0. The second-order valence-corrected chi connectivity index (χ2v) is 12.1. The fourth-order valence-electron chi connectivity index (χ4n) is 6.75. The SMILES string of the molecule is [2H]c1c([2H])c([2H])c(-c2nc(-c3c([2H])c([2H])c([2H])c([2H])c3[2H])nc(-n3c4c([2H])c([2H])c([2H])c([2H])c4c4c([2H])c([2H])c5c6c([2H])c([2H])c([2H])c([2H])c6n(-c6c([2H])c(-c7c([2H])c([2H])c([2H])c([2H])c7[2H])c7oc8c([2H])c([2H])c([2H])c([2H])c8c7c6[2H])c5c43)n2)c([2H])c1[2H]. The number of hydrogen-bond donors (Lipinski definition) is 0. The molecule has 0 spiro atoms. The standard InChI is InChI=1S/C51H31N5O/c1-4-16-32(17-5-1)41-30-35(31-42-38-24-12-15-27-45(38)57-48(41)42)55-43-25-13-10-22-36(43)39-28-29-40-37-23-11-14-26-44(37)56(47(40)46(39)55)51-53-49(33-18-6-2-7-19-33)52-50(54-51)34-20-8-3-9-21-34/h1-31H/i1D,2D,3D,4D,5D,6D,7D,8D,9D,10D,11D,12D,13D,14D,15D,16D,17D,18D,19D,20D,21D,22D,23D,24D,25D,26D,27D,28D,29D,30D,31D. The van der Waals surface area contributed by atoms with E-state index in [4.69, 9.17) is 33.2 Å². The van der Waals surface area contributed by atoms with Gasteiger partial charge in [-0.05, 0) is 35.8 Å². The van der Waals surface area contributed by atoms with Gasteiger partial charge in [0.25, 0.3) is 0 Å². The van der Waals surface area contributed by atoms with E-state index in [0.717, 1.165) is 9.13 Å². The molecule has 0 bridgehead atoms. The minimum atomic E-state index is -1.11. The smallest absolute Gasteiger partial charge is 0.238 e. The van der Waals surface area contributed by atoms with Crippen molar-refractivity contribution in [3.8, 4) is 45.5 Å². The highest BCUT2D eigenvalue weighted by Gasteiger charge is 2.24. The maximum atomic E-state index is 10.3. The van der Waals surface area contributed by atoms with Crippen LogP contribution in [0, 0.1) is 0 Å². The van der Waals surface area contributed by atoms with Crippen molar-refractivity contribution in [1.29, 1.82) is 0 Å². The van der Waals surface area contributed by atoms with Gasteiger partial charge in [-0.1, -0.05) is 157 Å². The molecule has 0 aliphatic heterocycles. The van der Waals surface area contributed by atoms with E-state index >= 15 is 0 Å². The Morgan fingerprint density at radius 1 is 0.404 bits per heavy atom. The van der Waals surface area contributed by atoms with Gasteiger partial charge in [0.15, 0.2) is 11.6 Å². The van der Waals surface area contributed by atoms with E-state index in [2.05, 4.69) is 15.0 Å². The Morgan fingerprint density at radius 3 is 1.51 bits per heavy atom. The molecule has 0 radical (unpaired) electrons. The monoisotopic (exact) mass is 760 g/mol. The molecular weight excluding hydrogens is 699 g/mol. The highest BCUT2D eigenvalue weighted by molar-refractivity contribution is 6.24. The summed E-state index contributed by atoms with van der Waals surface area (Å²) >= 11 is 0. The van der Waals surface area contributed by atoms with Crippen molar-refractivity contribution in [2.24, 2.45) is 0 Å². The summed E-state index contributed by atoms with van der Waals surface area (Å²) in [6, 6.07) is -29.9. The molecular formula is C51H31N5O. The first-order valence-corrected chi connectivity index (χ1v) is 16.6. The van der Waals surface area contributed by atoms with Crippen molar-refractivity contribution >= 4 is 65.6 Å². The van der Waals surface area contributed by atoms with Crippen molar-refractivity contribution in [3.63, 3.8) is 0 Å². The minimum Gasteiger partial charge on any atom is -0.455 e. The average Bonchev–Trinajstić information content (AvgIpc) is 1.53. The number of furan rings is 1. The molecule has 0 unspecified atom stereocenters. The Kier molecular flexibility index (Phi) is 2.97. The number of fused-ring (bicyclic) bond motifs is 10. The lowest BCUT2D eigenvalue weighted by Crippen LogP contribution is -2.07. The van der Waals surface area contributed by atoms with E-state index in [9.17, 15) is 13.7 Å². The van der Waals surface area contributed by atoms with Crippen molar-refractivity contribution < 1.29 is 46.9 Å². The highest BCUT2D eigenvalue weighted by Crippen LogP contribution is 2.44. The van der Waals surface area contributed by atoms with Gasteiger partial charge in [-0.2, -0.15) is 9.97 Å². The maximum Gasteiger partial charge on any atom is 0.238 e. The minimum absolute atomic E-state index is 0.591. The predicted molar refractivity (Wildman–Crippen MR) is 232 cm³/mol. The highest BCUT2D eigenvalue weighted by atomic mass is 16.3. The number of aromatic nitrogens is 5. The van der Waals surface area contributed by atoms with Gasteiger partial charge in [0, 0.05) is 54.7 Å². The zero-order valence-electron chi connectivity index (χ0n) is 59.1. The fraction of sp³-hybridized carbons (Fsp3) is 0. The molecule has 6 heteroatoms. The molecule has 0 amide bonds. The molecule has 12 aromatic rings. The molecule has 4 heterocycles. The predicted octanol–water partition coefficient (Wildman–Crippen LogP) is 13.0. The summed E-state index contributed by atoms with van der Waals surface area (Å²) in [4.78, 5) is 13.4. The molecule has 4 aromatic heterocycles. The summed E-state index contributed by atoms with van der Waals surface area (Å²) in [5.74, 6) is -2.85. The molecule has 6 nitrogen and oxygen atoms in total. The Hall–Kier alpha value is -7.83. The van der Waals surface area contributed by atoms with Crippen LogP contribution < -0.4 is 0 Å². The van der Waals surface area contributed by atoms with Gasteiger partial charge in [0.05, 0.1) is 64.6 Å². The van der Waals surface area contributed by atoms with Crippen molar-refractivity contribution in [2.75, 3.05) is 0 Å². The quantitative estimate of drug-likeness (QED) is 0.175. The van der Waals surface area contributed by atoms with Crippen LogP contribution in [0.15, 0.2) is 192 Å². The third kappa shape index (κ3) is 4.81. The van der Waals surface area contributed by atoms with E-state index in [-0.39, 0.29) is 0 Å². The van der Waals surface area contributed by atoms with Crippen LogP contribution in [-0.4, -0.2) is 24.1 Å². The number of para-hydroxylation sites is 3. The van der Waals surface area contributed by atoms with E-state index < -0.39 is 298 Å². The molecule has 266 valence electrons. The lowest BCUT2D eigenvalue weighted by atomic mass is 10.0. The number of rotatable bonds is 5. The van der Waals surface area contributed by atoms with E-state index in [1.54, 1.807) is 0 Å². The molecule has 57 heavy (non-hydrogen) atoms. The molecule has 12 rings (SSSR count). The number of benzene rings is 8. The molecule has 0 aliphatic carbocycles. The zero-order chi connectivity index (χ0) is 64.4. The van der Waals surface area contributed by atoms with Crippen LogP contribution in [0.1, 0.15) is 42.5 Å². The molecule has 0 N–H and O–H groups in total. The van der Waals surface area contributed by atoms with Crippen molar-refractivity contribution in [1.82, 2.24) is 24.1 Å². The van der Waals surface area contributed by atoms with Gasteiger partial charge < -0.3 is 8.98 Å². The Morgan fingerprint density at radius 2 is 0.895 bits per heavy atom. The third-order valence-corrected chi connectivity index (χ3v) is 9.03. The van der Waals surface area contributed by atoms with Crippen molar-refractivity contribution in [2.45, 2.75) is 0 Å². The first-order valence-electron chi connectivity index (χ1n) is 32.1. The second kappa shape index (κ2) is 12.3. The second-order valence-electron chi connectivity index (χ2n) is 12.1. The number of hydrogen-bond acceptors (Lipinski definition) is 4. The maximum absolute atomic E-state index is 10.3. The Labute approximate surface area is 370 Å². The summed E-state index contributed by atoms with van der Waals surface area (Å²) in [5.41, 5.74) is -8.64. The summed E-state index contributed by atoms with van der Waals surface area (Å²) < 4.78 is 288. The average molecular weight is 761 g/mol. The van der Waals surface area contributed by atoms with Gasteiger partial charge in [-0.25, -0.2) is 4.98 Å². The van der Waals surface area contributed by atoms with Crippen LogP contribution in [0.3, 0.4) is 0 Å².